The van der Waals surface area contributed by atoms with Gasteiger partial charge in [0.05, 0.1) is 17.2 Å². The molecule has 0 aliphatic heterocycles. The number of nitrogens with one attached hydrogen (secondary N) is 1. The minimum absolute atomic E-state index is 0.797. The maximum absolute atomic E-state index is 4.53. The van der Waals surface area contributed by atoms with Gasteiger partial charge in [-0.25, -0.2) is 4.98 Å². The fourth-order valence-electron chi connectivity index (χ4n) is 1.94. The number of unbranched alkanes of at least 4 members (excludes halogenated alkanes) is 1. The lowest BCUT2D eigenvalue weighted by molar-refractivity contribution is 0.544. The van der Waals surface area contributed by atoms with Gasteiger partial charge in [0.15, 0.2) is 0 Å². The summed E-state index contributed by atoms with van der Waals surface area (Å²) < 4.78 is 0. The van der Waals surface area contributed by atoms with E-state index >= 15 is 0 Å². The molecule has 0 radical (unpaired) electrons. The quantitative estimate of drug-likeness (QED) is 0.783. The van der Waals surface area contributed by atoms with Crippen LogP contribution in [0.2, 0.25) is 0 Å². The summed E-state index contributed by atoms with van der Waals surface area (Å²) in [6.07, 6.45) is 5.56. The van der Waals surface area contributed by atoms with Crippen molar-refractivity contribution in [2.75, 3.05) is 11.9 Å². The van der Waals surface area contributed by atoms with Crippen molar-refractivity contribution < 1.29 is 0 Å². The zero-order valence-corrected chi connectivity index (χ0v) is 11.2. The summed E-state index contributed by atoms with van der Waals surface area (Å²) in [7, 11) is 0. The van der Waals surface area contributed by atoms with E-state index in [1.165, 1.54) is 19.3 Å². The number of hydrogen-bond acceptors (Lipinski definition) is 3. The van der Waals surface area contributed by atoms with Crippen LogP contribution in [0.15, 0.2) is 30.5 Å². The maximum Gasteiger partial charge on any atom is 0.145 e. The van der Waals surface area contributed by atoms with Gasteiger partial charge >= 0.3 is 0 Å². The van der Waals surface area contributed by atoms with Crippen molar-refractivity contribution in [1.29, 1.82) is 0 Å². The number of rotatable bonds is 6. The Bertz CT molecular complexity index is 494. The zero-order valence-electron chi connectivity index (χ0n) is 11.2. The van der Waals surface area contributed by atoms with E-state index in [4.69, 9.17) is 0 Å². The van der Waals surface area contributed by atoms with E-state index in [1.54, 1.807) is 0 Å². The Morgan fingerprint density at radius 3 is 2.67 bits per heavy atom. The van der Waals surface area contributed by atoms with Crippen LogP contribution in [0.1, 0.15) is 33.1 Å². The lowest BCUT2D eigenvalue weighted by Crippen LogP contribution is -2.04. The first-order valence-corrected chi connectivity index (χ1v) is 6.71. The van der Waals surface area contributed by atoms with Crippen LogP contribution in [-0.4, -0.2) is 16.5 Å². The van der Waals surface area contributed by atoms with E-state index in [0.29, 0.717) is 0 Å². The number of anilines is 1. The number of aromatic nitrogens is 2. The summed E-state index contributed by atoms with van der Waals surface area (Å²) in [6.45, 7) is 5.50. The first-order valence-electron chi connectivity index (χ1n) is 6.71. The predicted molar refractivity (Wildman–Crippen MR) is 76.7 cm³/mol. The average Bonchev–Trinajstić information content (AvgIpc) is 2.38. The van der Waals surface area contributed by atoms with Gasteiger partial charge in [-0.1, -0.05) is 38.8 Å². The van der Waals surface area contributed by atoms with Crippen LogP contribution in [0, 0.1) is 5.92 Å². The van der Waals surface area contributed by atoms with Crippen molar-refractivity contribution in [3.05, 3.63) is 30.5 Å². The number of fused-ring (bicyclic) bond motifs is 1. The van der Waals surface area contributed by atoms with E-state index in [1.807, 2.05) is 30.5 Å². The molecule has 0 bridgehead atoms. The van der Waals surface area contributed by atoms with Crippen LogP contribution >= 0.6 is 0 Å². The maximum atomic E-state index is 4.53. The van der Waals surface area contributed by atoms with Crippen LogP contribution in [-0.2, 0) is 0 Å². The Morgan fingerprint density at radius 1 is 1.11 bits per heavy atom. The van der Waals surface area contributed by atoms with Gasteiger partial charge in [0.1, 0.15) is 5.82 Å². The lowest BCUT2D eigenvalue weighted by atomic mass is 10.1. The fourth-order valence-corrected chi connectivity index (χ4v) is 1.94. The molecule has 0 aliphatic rings. The van der Waals surface area contributed by atoms with Gasteiger partial charge in [-0.05, 0) is 24.5 Å². The molecule has 0 fully saturated rings. The Morgan fingerprint density at radius 2 is 1.89 bits per heavy atom. The van der Waals surface area contributed by atoms with Gasteiger partial charge in [0.25, 0.3) is 0 Å². The molecule has 18 heavy (non-hydrogen) atoms. The Hall–Kier alpha value is -1.64. The van der Waals surface area contributed by atoms with E-state index in [2.05, 4.69) is 29.1 Å². The molecular weight excluding hydrogens is 222 g/mol. The molecule has 0 spiro atoms. The van der Waals surface area contributed by atoms with Crippen LogP contribution in [0.5, 0.6) is 0 Å². The number of hydrogen-bond donors (Lipinski definition) is 1. The van der Waals surface area contributed by atoms with E-state index in [-0.39, 0.29) is 0 Å². The number of para-hydroxylation sites is 2. The highest BCUT2D eigenvalue weighted by Gasteiger charge is 1.98. The third kappa shape index (κ3) is 3.69. The first-order chi connectivity index (χ1) is 8.75. The van der Waals surface area contributed by atoms with Gasteiger partial charge in [-0.3, -0.25) is 4.98 Å². The molecule has 1 N–H and O–H groups in total. The van der Waals surface area contributed by atoms with Crippen molar-refractivity contribution in [2.24, 2.45) is 5.92 Å². The highest BCUT2D eigenvalue weighted by molar-refractivity contribution is 5.75. The smallest absolute Gasteiger partial charge is 0.145 e. The standard InChI is InChI=1S/C15H21N3/c1-12(2)7-5-6-10-16-15-11-17-13-8-3-4-9-14(13)18-15/h3-4,8-9,11-12H,5-7,10H2,1-2H3,(H,16,18). The molecule has 1 aromatic heterocycles. The summed E-state index contributed by atoms with van der Waals surface area (Å²) in [6, 6.07) is 7.94. The summed E-state index contributed by atoms with van der Waals surface area (Å²) in [5.41, 5.74) is 1.90. The van der Waals surface area contributed by atoms with Gasteiger partial charge in [-0.15, -0.1) is 0 Å². The SMILES string of the molecule is CC(C)CCCCNc1cnc2ccccc2n1. The second kappa shape index (κ2) is 6.34. The highest BCUT2D eigenvalue weighted by Crippen LogP contribution is 2.12. The Balaban J connectivity index is 1.84. The molecule has 1 heterocycles. The molecule has 0 saturated carbocycles. The molecule has 3 heteroatoms. The van der Waals surface area contributed by atoms with E-state index in [0.717, 1.165) is 29.3 Å². The number of nitrogens with zero attached hydrogens (tertiary/aromatic N) is 2. The lowest BCUT2D eigenvalue weighted by Gasteiger charge is -2.07. The topological polar surface area (TPSA) is 37.8 Å². The van der Waals surface area contributed by atoms with Crippen molar-refractivity contribution in [2.45, 2.75) is 33.1 Å². The van der Waals surface area contributed by atoms with Crippen molar-refractivity contribution >= 4 is 16.9 Å². The van der Waals surface area contributed by atoms with Crippen LogP contribution in [0.25, 0.3) is 11.0 Å². The summed E-state index contributed by atoms with van der Waals surface area (Å²) in [5, 5.41) is 3.34. The molecule has 0 amide bonds. The van der Waals surface area contributed by atoms with E-state index in [9.17, 15) is 0 Å². The second-order valence-corrected chi connectivity index (χ2v) is 5.06. The third-order valence-electron chi connectivity index (χ3n) is 2.96. The molecule has 0 unspecified atom stereocenters. The average molecular weight is 243 g/mol. The molecule has 2 rings (SSSR count). The number of benzene rings is 1. The first kappa shape index (κ1) is 12.8. The molecule has 96 valence electrons. The van der Waals surface area contributed by atoms with Gasteiger partial charge < -0.3 is 5.32 Å². The highest BCUT2D eigenvalue weighted by atomic mass is 15.0. The molecule has 2 aromatic rings. The van der Waals surface area contributed by atoms with Gasteiger partial charge in [-0.2, -0.15) is 0 Å². The Labute approximate surface area is 109 Å². The van der Waals surface area contributed by atoms with Crippen molar-refractivity contribution in [3.63, 3.8) is 0 Å². The third-order valence-corrected chi connectivity index (χ3v) is 2.96. The molecular formula is C15H21N3. The summed E-state index contributed by atoms with van der Waals surface area (Å²) >= 11 is 0. The van der Waals surface area contributed by atoms with E-state index < -0.39 is 0 Å². The monoisotopic (exact) mass is 243 g/mol. The molecule has 1 aromatic carbocycles. The zero-order chi connectivity index (χ0) is 12.8. The van der Waals surface area contributed by atoms with Crippen LogP contribution in [0.4, 0.5) is 5.82 Å². The minimum Gasteiger partial charge on any atom is -0.369 e. The summed E-state index contributed by atoms with van der Waals surface area (Å²) in [4.78, 5) is 8.92. The van der Waals surface area contributed by atoms with Gasteiger partial charge in [0.2, 0.25) is 0 Å². The van der Waals surface area contributed by atoms with Crippen molar-refractivity contribution in [3.8, 4) is 0 Å². The molecule has 0 atom stereocenters. The molecule has 0 aliphatic carbocycles. The fraction of sp³-hybridized carbons (Fsp3) is 0.467. The molecule has 0 saturated heterocycles. The van der Waals surface area contributed by atoms with Crippen molar-refractivity contribution in [1.82, 2.24) is 9.97 Å². The molecule has 3 nitrogen and oxygen atoms in total. The second-order valence-electron chi connectivity index (χ2n) is 5.06. The van der Waals surface area contributed by atoms with Crippen LogP contribution in [0.3, 0.4) is 0 Å². The minimum atomic E-state index is 0.797. The Kier molecular flexibility index (Phi) is 4.51. The summed E-state index contributed by atoms with van der Waals surface area (Å²) in [5.74, 6) is 1.67. The predicted octanol–water partition coefficient (Wildman–Crippen LogP) is 3.87. The van der Waals surface area contributed by atoms with Gasteiger partial charge in [0, 0.05) is 6.54 Å². The largest absolute Gasteiger partial charge is 0.369 e. The normalized spacial score (nSPS) is 11.1. The van der Waals surface area contributed by atoms with Crippen LogP contribution < -0.4 is 5.32 Å².